The van der Waals surface area contributed by atoms with Gasteiger partial charge in [0.1, 0.15) is 0 Å². The van der Waals surface area contributed by atoms with Crippen LogP contribution in [-0.4, -0.2) is 110 Å². The Labute approximate surface area is 141 Å². The molecule has 0 aliphatic rings. The maximum atomic E-state index is 5.60. The van der Waals surface area contributed by atoms with Gasteiger partial charge in [0.15, 0.2) is 0 Å². The van der Waals surface area contributed by atoms with Crippen LogP contribution in [0.1, 0.15) is 0 Å². The first kappa shape index (κ1) is 21.0. The third kappa shape index (κ3) is 20.0. The number of halogens is 1. The predicted molar refractivity (Wildman–Crippen MR) is 120 cm³/mol. The summed E-state index contributed by atoms with van der Waals surface area (Å²) in [6, 6.07) is 1.97. The average molecular weight is 347 g/mol. The summed E-state index contributed by atoms with van der Waals surface area (Å²) in [6.07, 6.45) is 1.97. The van der Waals surface area contributed by atoms with Crippen molar-refractivity contribution >= 4 is 136 Å². The van der Waals surface area contributed by atoms with Crippen LogP contribution in [0.2, 0.25) is 0 Å². The molecule has 0 N–H and O–H groups in total. The van der Waals surface area contributed by atoms with Crippen LogP contribution in [0, 0.1) is 0 Å². The summed E-state index contributed by atoms with van der Waals surface area (Å²) in [6.45, 7) is 31.4. The molecule has 0 atom stereocenters. The second-order valence-corrected chi connectivity index (χ2v) is 5.58. The molecule has 0 amide bonds. The fourth-order valence-electron chi connectivity index (χ4n) is 0.917. The molecule has 0 aromatic carbocycles. The van der Waals surface area contributed by atoms with Crippen molar-refractivity contribution < 1.29 is 0 Å². The van der Waals surface area contributed by atoms with E-state index in [0.29, 0.717) is 0 Å². The molecule has 0 radical (unpaired) electrons. The molecule has 0 rings (SSSR count). The summed E-state index contributed by atoms with van der Waals surface area (Å²) in [4.78, 5) is 0. The number of hydrogen-bond donors (Lipinski definition) is 0. The Hall–Kier alpha value is 1.99. The van der Waals surface area contributed by atoms with Gasteiger partial charge in [-0.2, -0.15) is 0 Å². The fourth-order valence-corrected chi connectivity index (χ4v) is 1.50. The van der Waals surface area contributed by atoms with Crippen molar-refractivity contribution in [3.63, 3.8) is 0 Å². The summed E-state index contributed by atoms with van der Waals surface area (Å²) in [5, 5.41) is 0. The first-order chi connectivity index (χ1) is 9.27. The number of hydrogen-bond acceptors (Lipinski definition) is 0. The van der Waals surface area contributed by atoms with Gasteiger partial charge < -0.3 is 0 Å². The first-order valence-corrected chi connectivity index (χ1v) is 8.77. The number of rotatable bonds is 7. The third-order valence-electron chi connectivity index (χ3n) is 1.70. The van der Waals surface area contributed by atoms with Gasteiger partial charge in [0.2, 0.25) is 0 Å². The van der Waals surface area contributed by atoms with Gasteiger partial charge in [0.25, 0.3) is 0 Å². The summed E-state index contributed by atoms with van der Waals surface area (Å²) >= 11 is 2.19. The van der Waals surface area contributed by atoms with E-state index in [1.54, 1.807) is 0 Å². The van der Waals surface area contributed by atoms with Crippen molar-refractivity contribution in [1.29, 1.82) is 0 Å². The van der Waals surface area contributed by atoms with Crippen molar-refractivity contribution in [2.45, 2.75) is 0 Å². The monoisotopic (exact) mass is 350 g/mol. The zero-order valence-corrected chi connectivity index (χ0v) is 14.0. The van der Waals surface area contributed by atoms with Crippen molar-refractivity contribution in [3.05, 3.63) is 0 Å². The van der Waals surface area contributed by atoms with Crippen LogP contribution in [0.25, 0.3) is 0 Å². The quantitative estimate of drug-likeness (QED) is 0.323. The fraction of sp³-hybridized carbons (Fsp3) is 1.00. The van der Waals surface area contributed by atoms with Crippen molar-refractivity contribution in [2.75, 3.05) is 6.26 Å². The van der Waals surface area contributed by atoms with Gasteiger partial charge in [-0.25, -0.2) is 0 Å². The molecule has 0 aliphatic heterocycles. The van der Waals surface area contributed by atoms with Crippen LogP contribution in [0.5, 0.6) is 0 Å². The topological polar surface area (TPSA) is 0 Å². The molecule has 0 nitrogen and oxygen atoms in total. The predicted octanol–water partition coefficient (Wildman–Crippen LogP) is -4.39. The van der Waals surface area contributed by atoms with E-state index in [1.807, 2.05) is 104 Å². The molecule has 0 saturated heterocycles. The van der Waals surface area contributed by atoms with Gasteiger partial charge in [0.05, 0.1) is 0 Å². The van der Waals surface area contributed by atoms with Gasteiger partial charge in [0, 0.05) is 0 Å². The van der Waals surface area contributed by atoms with Crippen LogP contribution in [0.15, 0.2) is 0 Å². The molecule has 68 valence electrons. The van der Waals surface area contributed by atoms with Crippen molar-refractivity contribution in [3.8, 4) is 0 Å². The minimum atomic E-state index is -0.124. The molecular formula is CH3B16IS. The Kier molecular flexibility index (Phi) is 19.9. The second-order valence-electron chi connectivity index (χ2n) is 3.37. The van der Waals surface area contributed by atoms with E-state index in [1.165, 1.54) is 0 Å². The molecule has 0 bridgehead atoms. The van der Waals surface area contributed by atoms with Crippen LogP contribution in [-0.2, 0) is 0 Å². The molecule has 0 spiro atoms. The molecule has 0 aliphatic carbocycles. The SMILES string of the molecule is B#S(C)=BB=BB=BB=BB=BB=BB=BB=BI. The van der Waals surface area contributed by atoms with Crippen LogP contribution < -0.4 is 0 Å². The Morgan fingerprint density at radius 2 is 0.947 bits per heavy atom. The molecule has 18 heteroatoms. The van der Waals surface area contributed by atoms with Gasteiger partial charge >= 0.3 is 142 Å². The van der Waals surface area contributed by atoms with Crippen LogP contribution >= 0.6 is 31.9 Å². The Balaban J connectivity index is 3.91. The van der Waals surface area contributed by atoms with E-state index < -0.39 is 0 Å². The Bertz CT molecular complexity index is 553. The summed E-state index contributed by atoms with van der Waals surface area (Å²) in [5.41, 5.74) is 0. The van der Waals surface area contributed by atoms with E-state index in [9.17, 15) is 0 Å². The zero-order valence-electron chi connectivity index (χ0n) is 11.0. The standard InChI is InChI=1S/CH3B16IS/c1-19(2)17-15-13-11-9-7-5-3-4-6-8-10-12-14-16-18/h1H3. The maximum absolute atomic E-state index is 5.60. The van der Waals surface area contributed by atoms with E-state index in [-0.39, 0.29) is 9.56 Å². The van der Waals surface area contributed by atoms with Gasteiger partial charge in [-0.05, 0) is 0 Å². The molecule has 0 fully saturated rings. The minimum absolute atomic E-state index is 0.124. The van der Waals surface area contributed by atoms with E-state index in [2.05, 4.69) is 22.4 Å². The second kappa shape index (κ2) is 18.0. The van der Waals surface area contributed by atoms with Crippen LogP contribution in [0.3, 0.4) is 0 Å². The average Bonchev–Trinajstić information content (AvgIpc) is 2.39. The molecule has 0 aromatic heterocycles. The Morgan fingerprint density at radius 3 is 1.26 bits per heavy atom. The molecule has 0 heterocycles. The van der Waals surface area contributed by atoms with Crippen LogP contribution in [0.4, 0.5) is 0 Å². The summed E-state index contributed by atoms with van der Waals surface area (Å²) in [7, 11) is -0.124. The first-order valence-electron chi connectivity index (χ1n) is 5.76. The third-order valence-corrected chi connectivity index (χ3v) is 2.70. The Morgan fingerprint density at radius 1 is 0.632 bits per heavy atom. The van der Waals surface area contributed by atoms with E-state index in [0.717, 1.165) is 0 Å². The van der Waals surface area contributed by atoms with E-state index >= 15 is 0 Å². The summed E-state index contributed by atoms with van der Waals surface area (Å²) < 4.78 is 1.97. The molecule has 0 unspecified atom stereocenters. The summed E-state index contributed by atoms with van der Waals surface area (Å²) in [5.74, 6) is 0. The van der Waals surface area contributed by atoms with Crippen molar-refractivity contribution in [1.82, 2.24) is 0 Å². The molecule has 0 saturated carbocycles. The molecule has 19 heavy (non-hydrogen) atoms. The van der Waals surface area contributed by atoms with Gasteiger partial charge in [-0.1, -0.05) is 0 Å². The normalized spacial score (nSPS) is 8.74. The van der Waals surface area contributed by atoms with Gasteiger partial charge in [-0.3, -0.25) is 0 Å². The van der Waals surface area contributed by atoms with Crippen molar-refractivity contribution in [2.24, 2.45) is 0 Å². The van der Waals surface area contributed by atoms with E-state index in [4.69, 9.17) is 6.53 Å². The molecule has 0 aromatic rings. The zero-order chi connectivity index (χ0) is 14.2. The van der Waals surface area contributed by atoms with Gasteiger partial charge in [-0.15, -0.1) is 0 Å². The molecular weight excluding hydrogens is 344 g/mol.